The molecule has 0 aliphatic carbocycles. The van der Waals surface area contributed by atoms with Crippen molar-refractivity contribution in [2.24, 2.45) is 0 Å². The Morgan fingerprint density at radius 3 is 2.32 bits per heavy atom. The topological polar surface area (TPSA) is 76.7 Å². The van der Waals surface area contributed by atoms with E-state index in [1.54, 1.807) is 6.07 Å². The van der Waals surface area contributed by atoms with Gasteiger partial charge >= 0.3 is 0 Å². The first-order chi connectivity index (χ1) is 15.0. The zero-order chi connectivity index (χ0) is 22.1. The predicted octanol–water partition coefficient (Wildman–Crippen LogP) is 3.41. The standard InChI is InChI=1S/C24H23FN2O4/c1-17(31-21-13-11-20(25)12-14-21)24(29)27-26-23(28)16-30-22-10-6-5-9-19(22)15-18-7-3-2-4-8-18/h2-14,17H,15-16H2,1H3,(H,26,28)(H,27,29)/t17-/m0/s1. The molecule has 0 aromatic heterocycles. The van der Waals surface area contributed by atoms with E-state index in [0.29, 0.717) is 17.9 Å². The fraction of sp³-hybridized carbons (Fsp3) is 0.167. The molecular formula is C24H23FN2O4. The summed E-state index contributed by atoms with van der Waals surface area (Å²) in [7, 11) is 0. The highest BCUT2D eigenvalue weighted by Crippen LogP contribution is 2.21. The molecule has 0 heterocycles. The number of amides is 2. The summed E-state index contributed by atoms with van der Waals surface area (Å²) in [5, 5.41) is 0. The van der Waals surface area contributed by atoms with Gasteiger partial charge < -0.3 is 9.47 Å². The van der Waals surface area contributed by atoms with Gasteiger partial charge in [0.05, 0.1) is 0 Å². The average Bonchev–Trinajstić information content (AvgIpc) is 2.79. The molecule has 0 bridgehead atoms. The molecule has 7 heteroatoms. The molecule has 0 unspecified atom stereocenters. The lowest BCUT2D eigenvalue weighted by molar-refractivity contribution is -0.133. The maximum Gasteiger partial charge on any atom is 0.279 e. The first-order valence-electron chi connectivity index (χ1n) is 9.77. The van der Waals surface area contributed by atoms with Gasteiger partial charge in [0.15, 0.2) is 12.7 Å². The molecule has 0 saturated carbocycles. The fourth-order valence-corrected chi connectivity index (χ4v) is 2.79. The predicted molar refractivity (Wildman–Crippen MR) is 114 cm³/mol. The highest BCUT2D eigenvalue weighted by Gasteiger charge is 2.16. The number of hydrogen-bond acceptors (Lipinski definition) is 4. The van der Waals surface area contributed by atoms with Crippen LogP contribution in [0, 0.1) is 5.82 Å². The maximum atomic E-state index is 12.9. The minimum atomic E-state index is -0.890. The van der Waals surface area contributed by atoms with Gasteiger partial charge in [0.1, 0.15) is 17.3 Å². The first kappa shape index (κ1) is 21.8. The van der Waals surface area contributed by atoms with Crippen LogP contribution < -0.4 is 20.3 Å². The molecule has 3 rings (SSSR count). The van der Waals surface area contributed by atoms with E-state index >= 15 is 0 Å². The van der Waals surface area contributed by atoms with Crippen LogP contribution in [0.3, 0.4) is 0 Å². The number of ether oxygens (including phenoxy) is 2. The van der Waals surface area contributed by atoms with Crippen LogP contribution in [0.1, 0.15) is 18.1 Å². The second-order valence-corrected chi connectivity index (χ2v) is 6.81. The van der Waals surface area contributed by atoms with Crippen LogP contribution in [0.25, 0.3) is 0 Å². The first-order valence-corrected chi connectivity index (χ1v) is 9.77. The van der Waals surface area contributed by atoms with Crippen LogP contribution in [0.5, 0.6) is 11.5 Å². The van der Waals surface area contributed by atoms with E-state index < -0.39 is 23.7 Å². The van der Waals surface area contributed by atoms with E-state index in [1.165, 1.54) is 31.2 Å². The number of nitrogens with one attached hydrogen (secondary N) is 2. The third-order valence-corrected chi connectivity index (χ3v) is 4.39. The quantitative estimate of drug-likeness (QED) is 0.546. The van der Waals surface area contributed by atoms with E-state index in [-0.39, 0.29) is 6.61 Å². The molecule has 6 nitrogen and oxygen atoms in total. The molecule has 2 amide bonds. The van der Waals surface area contributed by atoms with Gasteiger partial charge in [-0.1, -0.05) is 48.5 Å². The number of hydrazine groups is 1. The molecule has 0 aliphatic heterocycles. The molecule has 0 radical (unpaired) electrons. The Morgan fingerprint density at radius 1 is 0.903 bits per heavy atom. The van der Waals surface area contributed by atoms with Gasteiger partial charge in [0.25, 0.3) is 11.8 Å². The van der Waals surface area contributed by atoms with Gasteiger partial charge in [-0.25, -0.2) is 4.39 Å². The smallest absolute Gasteiger partial charge is 0.279 e. The van der Waals surface area contributed by atoms with E-state index in [1.807, 2.05) is 48.5 Å². The Morgan fingerprint density at radius 2 is 1.58 bits per heavy atom. The third-order valence-electron chi connectivity index (χ3n) is 4.39. The fourth-order valence-electron chi connectivity index (χ4n) is 2.79. The monoisotopic (exact) mass is 422 g/mol. The van der Waals surface area contributed by atoms with Crippen molar-refractivity contribution in [2.45, 2.75) is 19.4 Å². The van der Waals surface area contributed by atoms with Crippen molar-refractivity contribution in [3.05, 3.63) is 95.8 Å². The SMILES string of the molecule is C[C@H](Oc1ccc(F)cc1)C(=O)NNC(=O)COc1ccccc1Cc1ccccc1. The van der Waals surface area contributed by atoms with Crippen molar-refractivity contribution < 1.29 is 23.5 Å². The van der Waals surface area contributed by atoms with Crippen LogP contribution >= 0.6 is 0 Å². The number of benzene rings is 3. The Kier molecular flexibility index (Phi) is 7.59. The van der Waals surface area contributed by atoms with Crippen molar-refractivity contribution in [1.82, 2.24) is 10.9 Å². The molecule has 0 saturated heterocycles. The second kappa shape index (κ2) is 10.8. The summed E-state index contributed by atoms with van der Waals surface area (Å²) in [5.74, 6) is -0.532. The zero-order valence-corrected chi connectivity index (χ0v) is 17.0. The summed E-state index contributed by atoms with van der Waals surface area (Å²) in [6.07, 6.45) is -0.216. The number of para-hydroxylation sites is 1. The van der Waals surface area contributed by atoms with E-state index in [0.717, 1.165) is 11.1 Å². The number of halogens is 1. The molecule has 2 N–H and O–H groups in total. The van der Waals surface area contributed by atoms with Gasteiger partial charge in [0, 0.05) is 6.42 Å². The van der Waals surface area contributed by atoms with Gasteiger partial charge in [-0.15, -0.1) is 0 Å². The lowest BCUT2D eigenvalue weighted by Crippen LogP contribution is -2.48. The maximum absolute atomic E-state index is 12.9. The van der Waals surface area contributed by atoms with Gasteiger partial charge in [-0.3, -0.25) is 20.4 Å². The van der Waals surface area contributed by atoms with Crippen LogP contribution in [-0.2, 0) is 16.0 Å². The van der Waals surface area contributed by atoms with Crippen molar-refractivity contribution in [2.75, 3.05) is 6.61 Å². The van der Waals surface area contributed by atoms with Crippen molar-refractivity contribution >= 4 is 11.8 Å². The van der Waals surface area contributed by atoms with E-state index in [2.05, 4.69) is 10.9 Å². The lowest BCUT2D eigenvalue weighted by Gasteiger charge is -2.15. The normalized spacial score (nSPS) is 11.3. The number of carbonyl (C=O) groups is 2. The largest absolute Gasteiger partial charge is 0.483 e. The lowest BCUT2D eigenvalue weighted by atomic mass is 10.0. The van der Waals surface area contributed by atoms with Crippen LogP contribution in [0.15, 0.2) is 78.9 Å². The number of rotatable bonds is 8. The van der Waals surface area contributed by atoms with Crippen molar-refractivity contribution in [3.8, 4) is 11.5 Å². The second-order valence-electron chi connectivity index (χ2n) is 6.81. The Labute approximate surface area is 180 Å². The molecule has 0 spiro atoms. The van der Waals surface area contributed by atoms with Crippen LogP contribution in [-0.4, -0.2) is 24.5 Å². The minimum absolute atomic E-state index is 0.265. The minimum Gasteiger partial charge on any atom is -0.483 e. The van der Waals surface area contributed by atoms with Crippen molar-refractivity contribution in [1.29, 1.82) is 0 Å². The van der Waals surface area contributed by atoms with E-state index in [9.17, 15) is 14.0 Å². The van der Waals surface area contributed by atoms with Crippen LogP contribution in [0.4, 0.5) is 4.39 Å². The summed E-state index contributed by atoms with van der Waals surface area (Å²) in [4.78, 5) is 24.2. The zero-order valence-electron chi connectivity index (χ0n) is 17.0. The Balaban J connectivity index is 1.46. The molecule has 3 aromatic rings. The Hall–Kier alpha value is -3.87. The molecular weight excluding hydrogens is 399 g/mol. The summed E-state index contributed by atoms with van der Waals surface area (Å²) in [5.41, 5.74) is 6.66. The summed E-state index contributed by atoms with van der Waals surface area (Å²) in [6, 6.07) is 22.7. The van der Waals surface area contributed by atoms with E-state index in [4.69, 9.17) is 9.47 Å². The van der Waals surface area contributed by atoms with Gasteiger partial charge in [-0.05, 0) is 48.4 Å². The molecule has 0 aliphatic rings. The number of hydrogen-bond donors (Lipinski definition) is 2. The molecule has 3 aromatic carbocycles. The average molecular weight is 422 g/mol. The van der Waals surface area contributed by atoms with Crippen LogP contribution in [0.2, 0.25) is 0 Å². The Bertz CT molecular complexity index is 1010. The molecule has 31 heavy (non-hydrogen) atoms. The molecule has 1 atom stereocenters. The molecule has 0 fully saturated rings. The summed E-state index contributed by atoms with van der Waals surface area (Å²) >= 11 is 0. The van der Waals surface area contributed by atoms with Gasteiger partial charge in [-0.2, -0.15) is 0 Å². The summed E-state index contributed by atoms with van der Waals surface area (Å²) in [6.45, 7) is 1.25. The highest BCUT2D eigenvalue weighted by molar-refractivity contribution is 5.85. The number of carbonyl (C=O) groups excluding carboxylic acids is 2. The summed E-state index contributed by atoms with van der Waals surface area (Å²) < 4.78 is 24.0. The highest BCUT2D eigenvalue weighted by atomic mass is 19.1. The van der Waals surface area contributed by atoms with Gasteiger partial charge in [0.2, 0.25) is 0 Å². The third kappa shape index (κ3) is 6.85. The molecule has 160 valence electrons. The van der Waals surface area contributed by atoms with Crippen molar-refractivity contribution in [3.63, 3.8) is 0 Å².